The highest BCUT2D eigenvalue weighted by Crippen LogP contribution is 2.25. The van der Waals surface area contributed by atoms with E-state index in [1.54, 1.807) is 7.11 Å². The lowest BCUT2D eigenvalue weighted by atomic mass is 9.82. The molecule has 0 unspecified atom stereocenters. The largest absolute Gasteiger partial charge is 0.385 e. The molecule has 4 heteroatoms. The zero-order chi connectivity index (χ0) is 12.6. The van der Waals surface area contributed by atoms with E-state index >= 15 is 0 Å². The van der Waals surface area contributed by atoms with Crippen LogP contribution in [0.4, 0.5) is 0 Å². The van der Waals surface area contributed by atoms with Crippen molar-refractivity contribution in [2.75, 3.05) is 20.3 Å². The first-order valence-corrected chi connectivity index (χ1v) is 6.75. The Morgan fingerprint density at radius 2 is 1.94 bits per heavy atom. The fourth-order valence-corrected chi connectivity index (χ4v) is 2.34. The third-order valence-corrected chi connectivity index (χ3v) is 3.51. The van der Waals surface area contributed by atoms with Crippen molar-refractivity contribution in [2.24, 2.45) is 5.73 Å². The SMILES string of the molecule is COCCCCCNC(=O)C1(N)CCCCC1. The summed E-state index contributed by atoms with van der Waals surface area (Å²) in [7, 11) is 1.71. The van der Waals surface area contributed by atoms with E-state index in [-0.39, 0.29) is 5.91 Å². The molecule has 1 rings (SSSR count). The minimum absolute atomic E-state index is 0.0453. The fraction of sp³-hybridized carbons (Fsp3) is 0.923. The van der Waals surface area contributed by atoms with Gasteiger partial charge in [0.1, 0.15) is 0 Å². The molecule has 0 aromatic rings. The minimum Gasteiger partial charge on any atom is -0.385 e. The number of carbonyl (C=O) groups excluding carboxylic acids is 1. The second-order valence-corrected chi connectivity index (χ2v) is 5.03. The van der Waals surface area contributed by atoms with Gasteiger partial charge in [-0.2, -0.15) is 0 Å². The zero-order valence-corrected chi connectivity index (χ0v) is 11.0. The Morgan fingerprint density at radius 1 is 1.24 bits per heavy atom. The van der Waals surface area contributed by atoms with Gasteiger partial charge < -0.3 is 15.8 Å². The second kappa shape index (κ2) is 7.67. The Hall–Kier alpha value is -0.610. The van der Waals surface area contributed by atoms with E-state index in [1.807, 2.05) is 0 Å². The number of unbranched alkanes of at least 4 members (excludes halogenated alkanes) is 2. The lowest BCUT2D eigenvalue weighted by molar-refractivity contribution is -0.127. The number of methoxy groups -OCH3 is 1. The van der Waals surface area contributed by atoms with Crippen molar-refractivity contribution in [1.29, 1.82) is 0 Å². The molecule has 17 heavy (non-hydrogen) atoms. The monoisotopic (exact) mass is 242 g/mol. The summed E-state index contributed by atoms with van der Waals surface area (Å²) in [4.78, 5) is 11.9. The Bertz CT molecular complexity index is 225. The molecular formula is C13H26N2O2. The van der Waals surface area contributed by atoms with Crippen LogP contribution in [0.2, 0.25) is 0 Å². The molecule has 1 fully saturated rings. The first-order chi connectivity index (χ1) is 8.19. The molecule has 0 saturated heterocycles. The molecule has 1 amide bonds. The van der Waals surface area contributed by atoms with Crippen LogP contribution in [-0.4, -0.2) is 31.7 Å². The van der Waals surface area contributed by atoms with Crippen molar-refractivity contribution in [3.05, 3.63) is 0 Å². The summed E-state index contributed by atoms with van der Waals surface area (Å²) in [5.41, 5.74) is 5.54. The van der Waals surface area contributed by atoms with Crippen molar-refractivity contribution >= 4 is 5.91 Å². The first-order valence-electron chi connectivity index (χ1n) is 6.75. The van der Waals surface area contributed by atoms with Gasteiger partial charge in [0.15, 0.2) is 0 Å². The number of hydrogen-bond donors (Lipinski definition) is 2. The molecule has 0 aromatic heterocycles. The van der Waals surface area contributed by atoms with Crippen LogP contribution in [0.1, 0.15) is 51.4 Å². The average molecular weight is 242 g/mol. The maximum atomic E-state index is 11.9. The van der Waals surface area contributed by atoms with Gasteiger partial charge >= 0.3 is 0 Å². The van der Waals surface area contributed by atoms with Gasteiger partial charge in [0.2, 0.25) is 5.91 Å². The van der Waals surface area contributed by atoms with Crippen LogP contribution in [0.5, 0.6) is 0 Å². The van der Waals surface area contributed by atoms with E-state index in [4.69, 9.17) is 10.5 Å². The maximum absolute atomic E-state index is 11.9. The molecule has 0 atom stereocenters. The highest BCUT2D eigenvalue weighted by molar-refractivity contribution is 5.86. The van der Waals surface area contributed by atoms with Crippen molar-refractivity contribution in [3.63, 3.8) is 0 Å². The summed E-state index contributed by atoms with van der Waals surface area (Å²) < 4.78 is 4.97. The van der Waals surface area contributed by atoms with Gasteiger partial charge in [-0.05, 0) is 32.1 Å². The molecular weight excluding hydrogens is 216 g/mol. The first kappa shape index (κ1) is 14.5. The van der Waals surface area contributed by atoms with Crippen LogP contribution in [0, 0.1) is 0 Å². The quantitative estimate of drug-likeness (QED) is 0.666. The summed E-state index contributed by atoms with van der Waals surface area (Å²) in [5, 5.41) is 2.97. The van der Waals surface area contributed by atoms with Gasteiger partial charge in [-0.3, -0.25) is 4.79 Å². The normalized spacial score (nSPS) is 18.9. The molecule has 3 N–H and O–H groups in total. The summed E-state index contributed by atoms with van der Waals surface area (Å²) in [6.45, 7) is 1.54. The van der Waals surface area contributed by atoms with Crippen LogP contribution >= 0.6 is 0 Å². The number of hydrogen-bond acceptors (Lipinski definition) is 3. The number of nitrogens with two attached hydrogens (primary N) is 1. The molecule has 1 aliphatic carbocycles. The van der Waals surface area contributed by atoms with Gasteiger partial charge in [0.25, 0.3) is 0 Å². The molecule has 4 nitrogen and oxygen atoms in total. The van der Waals surface area contributed by atoms with Gasteiger partial charge in [-0.25, -0.2) is 0 Å². The average Bonchev–Trinajstić information content (AvgIpc) is 2.34. The van der Waals surface area contributed by atoms with Crippen LogP contribution in [0.25, 0.3) is 0 Å². The van der Waals surface area contributed by atoms with Gasteiger partial charge in [-0.15, -0.1) is 0 Å². The fourth-order valence-electron chi connectivity index (χ4n) is 2.34. The molecule has 1 aliphatic rings. The number of nitrogens with one attached hydrogen (secondary N) is 1. The Balaban J connectivity index is 2.11. The zero-order valence-electron chi connectivity index (χ0n) is 11.0. The van der Waals surface area contributed by atoms with E-state index in [0.29, 0.717) is 0 Å². The van der Waals surface area contributed by atoms with E-state index in [1.165, 1.54) is 6.42 Å². The Kier molecular flexibility index (Phi) is 6.52. The predicted molar refractivity (Wildman–Crippen MR) is 68.7 cm³/mol. The molecule has 0 radical (unpaired) electrons. The minimum atomic E-state index is -0.592. The number of amides is 1. The van der Waals surface area contributed by atoms with Crippen molar-refractivity contribution in [2.45, 2.75) is 56.9 Å². The molecule has 0 bridgehead atoms. The highest BCUT2D eigenvalue weighted by atomic mass is 16.5. The lowest BCUT2D eigenvalue weighted by Crippen LogP contribution is -2.55. The van der Waals surface area contributed by atoms with Crippen LogP contribution in [0.15, 0.2) is 0 Å². The summed E-state index contributed by atoms with van der Waals surface area (Å²) in [5.74, 6) is 0.0453. The van der Waals surface area contributed by atoms with E-state index in [9.17, 15) is 4.79 Å². The van der Waals surface area contributed by atoms with Crippen molar-refractivity contribution < 1.29 is 9.53 Å². The standard InChI is InChI=1S/C13H26N2O2/c1-17-11-7-3-6-10-15-12(16)13(14)8-4-2-5-9-13/h2-11,14H2,1H3,(H,15,16). The van der Waals surface area contributed by atoms with Gasteiger partial charge in [-0.1, -0.05) is 19.3 Å². The topological polar surface area (TPSA) is 64.3 Å². The van der Waals surface area contributed by atoms with Crippen molar-refractivity contribution in [1.82, 2.24) is 5.32 Å². The molecule has 0 spiro atoms. The van der Waals surface area contributed by atoms with Gasteiger partial charge in [0.05, 0.1) is 5.54 Å². The smallest absolute Gasteiger partial charge is 0.240 e. The summed E-state index contributed by atoms with van der Waals surface area (Å²) in [6, 6.07) is 0. The second-order valence-electron chi connectivity index (χ2n) is 5.03. The molecule has 0 heterocycles. The van der Waals surface area contributed by atoms with Gasteiger partial charge in [0, 0.05) is 20.3 Å². The number of rotatable bonds is 7. The third-order valence-electron chi connectivity index (χ3n) is 3.51. The predicted octanol–water partition coefficient (Wildman–Crippen LogP) is 1.58. The lowest BCUT2D eigenvalue weighted by Gasteiger charge is -2.31. The van der Waals surface area contributed by atoms with Crippen LogP contribution < -0.4 is 11.1 Å². The Morgan fingerprint density at radius 3 is 2.59 bits per heavy atom. The molecule has 0 aromatic carbocycles. The number of carbonyl (C=O) groups is 1. The van der Waals surface area contributed by atoms with Crippen LogP contribution in [0.3, 0.4) is 0 Å². The van der Waals surface area contributed by atoms with E-state index in [0.717, 1.165) is 58.1 Å². The van der Waals surface area contributed by atoms with E-state index < -0.39 is 5.54 Å². The molecule has 0 aliphatic heterocycles. The number of ether oxygens (including phenoxy) is 1. The summed E-state index contributed by atoms with van der Waals surface area (Å²) >= 11 is 0. The Labute approximate surface area is 104 Å². The summed E-state index contributed by atoms with van der Waals surface area (Å²) in [6.07, 6.45) is 8.20. The maximum Gasteiger partial charge on any atom is 0.240 e. The third kappa shape index (κ3) is 5.04. The molecule has 100 valence electrons. The molecule has 1 saturated carbocycles. The van der Waals surface area contributed by atoms with E-state index in [2.05, 4.69) is 5.32 Å². The van der Waals surface area contributed by atoms with Crippen LogP contribution in [-0.2, 0) is 9.53 Å². The van der Waals surface area contributed by atoms with Crippen molar-refractivity contribution in [3.8, 4) is 0 Å². The highest BCUT2D eigenvalue weighted by Gasteiger charge is 2.34.